The van der Waals surface area contributed by atoms with Crippen molar-refractivity contribution in [1.82, 2.24) is 20.0 Å². The molecular weight excluding hydrogens is 472 g/mol. The highest BCUT2D eigenvalue weighted by Gasteiger charge is 2.29. The lowest BCUT2D eigenvalue weighted by atomic mass is 9.91. The van der Waals surface area contributed by atoms with E-state index in [0.29, 0.717) is 48.7 Å². The van der Waals surface area contributed by atoms with Crippen LogP contribution in [0.1, 0.15) is 42.0 Å². The van der Waals surface area contributed by atoms with E-state index in [1.807, 2.05) is 25.1 Å². The number of hydrogen-bond donors (Lipinski definition) is 1. The monoisotopic (exact) mass is 499 g/mol. The average molecular weight is 500 g/mol. The predicted molar refractivity (Wildman–Crippen MR) is 134 cm³/mol. The molecule has 3 heterocycles. The van der Waals surface area contributed by atoms with E-state index in [0.717, 1.165) is 40.9 Å². The zero-order valence-corrected chi connectivity index (χ0v) is 20.6. The van der Waals surface area contributed by atoms with Crippen molar-refractivity contribution in [2.75, 3.05) is 24.5 Å². The number of alkyl halides is 2. The summed E-state index contributed by atoms with van der Waals surface area (Å²) in [7, 11) is 1.78. The summed E-state index contributed by atoms with van der Waals surface area (Å²) >= 11 is 6.52. The molecule has 0 atom stereocenters. The van der Waals surface area contributed by atoms with Crippen LogP contribution < -0.4 is 10.2 Å². The van der Waals surface area contributed by atoms with Crippen molar-refractivity contribution in [2.45, 2.75) is 39.2 Å². The lowest BCUT2D eigenvalue weighted by Crippen LogP contribution is -2.43. The quantitative estimate of drug-likeness (QED) is 0.490. The van der Waals surface area contributed by atoms with Gasteiger partial charge < -0.3 is 15.1 Å². The van der Waals surface area contributed by atoms with Crippen molar-refractivity contribution in [3.05, 3.63) is 63.9 Å². The van der Waals surface area contributed by atoms with Gasteiger partial charge in [-0.2, -0.15) is 5.10 Å². The molecule has 3 aromatic rings. The Morgan fingerprint density at radius 3 is 2.69 bits per heavy atom. The van der Waals surface area contributed by atoms with Crippen LogP contribution in [0.15, 0.2) is 36.7 Å². The first-order valence-electron chi connectivity index (χ1n) is 11.9. The van der Waals surface area contributed by atoms with Crippen LogP contribution in [-0.4, -0.2) is 40.3 Å². The van der Waals surface area contributed by atoms with E-state index in [-0.39, 0.29) is 11.6 Å². The lowest BCUT2D eigenvalue weighted by Gasteiger charge is -2.37. The Bertz CT molecular complexity index is 1270. The number of nitrogens with one attached hydrogen (secondary N) is 1. The van der Waals surface area contributed by atoms with Crippen molar-refractivity contribution in [3.63, 3.8) is 0 Å². The molecule has 0 spiro atoms. The molecule has 2 aromatic carbocycles. The molecule has 1 aromatic heterocycles. The first-order valence-corrected chi connectivity index (χ1v) is 12.3. The summed E-state index contributed by atoms with van der Waals surface area (Å²) < 4.78 is 30.1. The van der Waals surface area contributed by atoms with E-state index in [9.17, 15) is 13.6 Å². The number of fused-ring (bicyclic) bond motifs is 2. The number of nitrogens with zero attached hydrogens (tertiary/aromatic N) is 4. The largest absolute Gasteiger partial charge is 0.341 e. The van der Waals surface area contributed by atoms with Crippen molar-refractivity contribution >= 4 is 29.0 Å². The van der Waals surface area contributed by atoms with E-state index >= 15 is 0 Å². The number of carbonyl (C=O) groups excluding carboxylic acids is 1. The van der Waals surface area contributed by atoms with Gasteiger partial charge >= 0.3 is 6.03 Å². The Labute approximate surface area is 208 Å². The molecule has 35 heavy (non-hydrogen) atoms. The van der Waals surface area contributed by atoms with Gasteiger partial charge in [-0.3, -0.25) is 4.68 Å². The maximum absolute atomic E-state index is 14.3. The number of carbonyl (C=O) groups is 1. The maximum Gasteiger partial charge on any atom is 0.317 e. The van der Waals surface area contributed by atoms with E-state index in [1.54, 1.807) is 35.1 Å². The zero-order chi connectivity index (χ0) is 24.7. The molecule has 0 saturated heterocycles. The van der Waals surface area contributed by atoms with Gasteiger partial charge in [-0.1, -0.05) is 11.6 Å². The first kappa shape index (κ1) is 23.6. The molecular formula is C26H28ClF2N5O. The van der Waals surface area contributed by atoms with Crippen LogP contribution in [-0.2, 0) is 26.4 Å². The zero-order valence-electron chi connectivity index (χ0n) is 19.8. The highest BCUT2D eigenvalue weighted by Crippen LogP contribution is 2.43. The summed E-state index contributed by atoms with van der Waals surface area (Å²) in [6.45, 7) is 4.21. The Kier molecular flexibility index (Phi) is 6.40. The van der Waals surface area contributed by atoms with Crippen LogP contribution in [0.5, 0.6) is 0 Å². The van der Waals surface area contributed by atoms with Gasteiger partial charge in [0.15, 0.2) is 0 Å². The number of amides is 2. The molecule has 2 aliphatic heterocycles. The molecule has 5 rings (SSSR count). The number of rotatable bonds is 4. The second kappa shape index (κ2) is 9.49. The third-order valence-electron chi connectivity index (χ3n) is 6.81. The van der Waals surface area contributed by atoms with Gasteiger partial charge in [0.25, 0.3) is 6.43 Å². The number of halogens is 3. The molecule has 2 aliphatic rings. The molecule has 184 valence electrons. The molecule has 2 amide bonds. The SMILES string of the molecule is CCNC(=O)N1CCc2cc(Cl)cc(N3CCCc4cc(-c5cnn(C)c5)c(C(F)F)cc43)c2C1. The Hall–Kier alpha value is -3.13. The molecule has 6 nitrogen and oxygen atoms in total. The van der Waals surface area contributed by atoms with Crippen LogP contribution in [0, 0.1) is 0 Å². The second-order valence-electron chi connectivity index (χ2n) is 9.10. The fraction of sp³-hybridized carbons (Fsp3) is 0.385. The minimum Gasteiger partial charge on any atom is -0.341 e. The van der Waals surface area contributed by atoms with Crippen molar-refractivity contribution in [2.24, 2.45) is 7.05 Å². The van der Waals surface area contributed by atoms with Gasteiger partial charge in [-0.05, 0) is 72.7 Å². The van der Waals surface area contributed by atoms with E-state index in [4.69, 9.17) is 11.6 Å². The molecule has 0 fully saturated rings. The summed E-state index contributed by atoms with van der Waals surface area (Å²) in [5, 5.41) is 7.65. The fourth-order valence-corrected chi connectivity index (χ4v) is 5.41. The molecule has 0 unspecified atom stereocenters. The topological polar surface area (TPSA) is 53.4 Å². The Balaban J connectivity index is 1.60. The van der Waals surface area contributed by atoms with Crippen LogP contribution in [0.3, 0.4) is 0 Å². The molecule has 0 bridgehead atoms. The van der Waals surface area contributed by atoms with Crippen molar-refractivity contribution in [3.8, 4) is 11.1 Å². The van der Waals surface area contributed by atoms with Gasteiger partial charge in [0.1, 0.15) is 0 Å². The minimum atomic E-state index is -2.62. The maximum atomic E-state index is 14.3. The summed E-state index contributed by atoms with van der Waals surface area (Å²) in [5.41, 5.74) is 5.99. The molecule has 0 aliphatic carbocycles. The molecule has 1 N–H and O–H groups in total. The van der Waals surface area contributed by atoms with Gasteiger partial charge in [-0.15, -0.1) is 0 Å². The van der Waals surface area contributed by atoms with E-state index in [1.165, 1.54) is 0 Å². The lowest BCUT2D eigenvalue weighted by molar-refractivity contribution is 0.152. The molecule has 0 radical (unpaired) electrons. The normalized spacial score (nSPS) is 15.3. The van der Waals surface area contributed by atoms with Crippen LogP contribution in [0.25, 0.3) is 11.1 Å². The summed E-state index contributed by atoms with van der Waals surface area (Å²) in [6.07, 6.45) is 3.14. The summed E-state index contributed by atoms with van der Waals surface area (Å²) in [5.74, 6) is 0. The third-order valence-corrected chi connectivity index (χ3v) is 7.03. The van der Waals surface area contributed by atoms with Gasteiger partial charge in [0, 0.05) is 66.9 Å². The van der Waals surface area contributed by atoms with E-state index < -0.39 is 6.43 Å². The number of aromatic nitrogens is 2. The number of urea groups is 1. The van der Waals surface area contributed by atoms with Gasteiger partial charge in [0.2, 0.25) is 0 Å². The number of aryl methyl sites for hydroxylation is 2. The number of benzene rings is 2. The minimum absolute atomic E-state index is 0.0107. The smallest absolute Gasteiger partial charge is 0.317 e. The van der Waals surface area contributed by atoms with Crippen molar-refractivity contribution < 1.29 is 13.6 Å². The van der Waals surface area contributed by atoms with Gasteiger partial charge in [0.05, 0.1) is 6.20 Å². The second-order valence-corrected chi connectivity index (χ2v) is 9.53. The fourth-order valence-electron chi connectivity index (χ4n) is 5.18. The highest BCUT2D eigenvalue weighted by atomic mass is 35.5. The number of hydrogen-bond acceptors (Lipinski definition) is 3. The third kappa shape index (κ3) is 4.47. The molecule has 9 heteroatoms. The van der Waals surface area contributed by atoms with Gasteiger partial charge in [-0.25, -0.2) is 13.6 Å². The van der Waals surface area contributed by atoms with Crippen LogP contribution >= 0.6 is 11.6 Å². The summed E-state index contributed by atoms with van der Waals surface area (Å²) in [6, 6.07) is 7.26. The van der Waals surface area contributed by atoms with Crippen LogP contribution in [0.2, 0.25) is 5.02 Å². The Morgan fingerprint density at radius 1 is 1.14 bits per heavy atom. The van der Waals surface area contributed by atoms with E-state index in [2.05, 4.69) is 15.3 Å². The molecule has 0 saturated carbocycles. The average Bonchev–Trinajstić information content (AvgIpc) is 3.28. The van der Waals surface area contributed by atoms with Crippen molar-refractivity contribution in [1.29, 1.82) is 0 Å². The standard InChI is InChI=1S/C26H28ClF2N5O/c1-3-30-26(35)33-8-6-16-9-19(27)11-24(22(16)15-33)34-7-4-5-17-10-20(18-13-31-32(2)14-18)21(25(28)29)12-23(17)34/h9-14,25H,3-8,15H2,1-2H3,(H,30,35). The summed E-state index contributed by atoms with van der Waals surface area (Å²) in [4.78, 5) is 16.4. The predicted octanol–water partition coefficient (Wildman–Crippen LogP) is 5.85. The van der Waals surface area contributed by atoms with Crippen LogP contribution in [0.4, 0.5) is 25.0 Å². The first-order chi connectivity index (χ1) is 16.9. The number of anilines is 2. The highest BCUT2D eigenvalue weighted by molar-refractivity contribution is 6.31. The Morgan fingerprint density at radius 2 is 1.97 bits per heavy atom.